The molecule has 1 aliphatic heterocycles. The van der Waals surface area contributed by atoms with Gasteiger partial charge in [0.25, 0.3) is 0 Å². The van der Waals surface area contributed by atoms with Crippen molar-refractivity contribution in [2.45, 2.75) is 57.5 Å². The molecule has 6 unspecified atom stereocenters. The lowest BCUT2D eigenvalue weighted by Gasteiger charge is -2.45. The first-order valence-electron chi connectivity index (χ1n) is 15.8. The molecule has 1 heterocycles. The van der Waals surface area contributed by atoms with E-state index in [-0.39, 0.29) is 0 Å². The molecule has 0 aromatic heterocycles. The number of thioether (sulfide) groups is 2. The zero-order chi connectivity index (χ0) is 31.5. The molecule has 0 radical (unpaired) electrons. The van der Waals surface area contributed by atoms with Crippen LogP contribution in [0.4, 0.5) is 0 Å². The molecule has 0 amide bonds. The molecule has 7 nitrogen and oxygen atoms in total. The number of hydrogen-bond donors (Lipinski definition) is 1. The molecule has 2 N–H and O–H groups in total. The van der Waals surface area contributed by atoms with Crippen molar-refractivity contribution in [3.63, 3.8) is 0 Å². The van der Waals surface area contributed by atoms with E-state index >= 15 is 0 Å². The number of benzene rings is 3. The first-order valence-corrected chi connectivity index (χ1v) is 18.1. The van der Waals surface area contributed by atoms with Gasteiger partial charge in [-0.15, -0.1) is 0 Å². The van der Waals surface area contributed by atoms with Crippen LogP contribution in [-0.4, -0.2) is 80.6 Å². The van der Waals surface area contributed by atoms with E-state index in [1.807, 2.05) is 90.3 Å². The third-order valence-corrected chi connectivity index (χ3v) is 9.99. The third kappa shape index (κ3) is 12.7. The highest BCUT2D eigenvalue weighted by Gasteiger charge is 2.48. The Morgan fingerprint density at radius 2 is 1.18 bits per heavy atom. The van der Waals surface area contributed by atoms with Gasteiger partial charge in [-0.05, 0) is 34.1 Å². The van der Waals surface area contributed by atoms with Crippen LogP contribution in [0, 0.1) is 5.92 Å². The molecule has 3 aromatic rings. The molecule has 3 aromatic carbocycles. The Morgan fingerprint density at radius 1 is 0.689 bits per heavy atom. The van der Waals surface area contributed by atoms with Gasteiger partial charge in [-0.3, -0.25) is 0 Å². The second-order valence-corrected chi connectivity index (χ2v) is 13.5. The van der Waals surface area contributed by atoms with Gasteiger partial charge in [0.2, 0.25) is 0 Å². The van der Waals surface area contributed by atoms with Crippen molar-refractivity contribution in [1.82, 2.24) is 0 Å². The average Bonchev–Trinajstić information content (AvgIpc) is 3.08. The lowest BCUT2D eigenvalue weighted by Crippen LogP contribution is -2.61. The van der Waals surface area contributed by atoms with E-state index in [4.69, 9.17) is 34.2 Å². The smallest absolute Gasteiger partial charge is 0.186 e. The van der Waals surface area contributed by atoms with Crippen molar-refractivity contribution < 1.29 is 28.4 Å². The van der Waals surface area contributed by atoms with Crippen LogP contribution < -0.4 is 5.73 Å². The van der Waals surface area contributed by atoms with Crippen LogP contribution in [0.25, 0.3) is 0 Å². The standard InChI is InChI=1S/C36H49NO6S2/c1-28(26-44-20-18-37)27-45-21-19-39-25-32-33(40-22-29-12-6-3-7-13-29)34(41-23-30-14-8-4-9-15-30)35(36(38-2)43-32)42-24-31-16-10-5-11-17-31/h3-17,28,32-36H,18-27,37H2,1-2H3. The van der Waals surface area contributed by atoms with Gasteiger partial charge in [0.05, 0.1) is 33.0 Å². The van der Waals surface area contributed by atoms with Gasteiger partial charge in [-0.2, -0.15) is 23.5 Å². The molecule has 6 atom stereocenters. The zero-order valence-electron chi connectivity index (χ0n) is 26.5. The maximum atomic E-state index is 6.67. The second kappa shape index (κ2) is 21.1. The highest BCUT2D eigenvalue weighted by Crippen LogP contribution is 2.31. The average molecular weight is 656 g/mol. The van der Waals surface area contributed by atoms with E-state index in [9.17, 15) is 0 Å². The van der Waals surface area contributed by atoms with Crippen molar-refractivity contribution in [1.29, 1.82) is 0 Å². The Bertz CT molecular complexity index is 1160. The van der Waals surface area contributed by atoms with Gasteiger partial charge in [-0.1, -0.05) is 97.9 Å². The van der Waals surface area contributed by atoms with Crippen LogP contribution in [0.2, 0.25) is 0 Å². The molecule has 0 bridgehead atoms. The fourth-order valence-corrected chi connectivity index (χ4v) is 7.01. The van der Waals surface area contributed by atoms with Crippen LogP contribution in [0.3, 0.4) is 0 Å². The van der Waals surface area contributed by atoms with Crippen molar-refractivity contribution in [3.05, 3.63) is 108 Å². The van der Waals surface area contributed by atoms with Crippen LogP contribution >= 0.6 is 23.5 Å². The van der Waals surface area contributed by atoms with Gasteiger partial charge >= 0.3 is 0 Å². The van der Waals surface area contributed by atoms with Crippen LogP contribution in [-0.2, 0) is 48.2 Å². The molecule has 0 saturated carbocycles. The Morgan fingerprint density at radius 3 is 1.69 bits per heavy atom. The molecule has 1 aliphatic rings. The predicted octanol–water partition coefficient (Wildman–Crippen LogP) is 6.19. The molecule has 9 heteroatoms. The van der Waals surface area contributed by atoms with E-state index in [1.165, 1.54) is 0 Å². The lowest BCUT2D eigenvalue weighted by atomic mass is 9.98. The predicted molar refractivity (Wildman–Crippen MR) is 184 cm³/mol. The first kappa shape index (κ1) is 35.9. The number of hydrogen-bond acceptors (Lipinski definition) is 9. The maximum absolute atomic E-state index is 6.67. The molecule has 1 fully saturated rings. The summed E-state index contributed by atoms with van der Waals surface area (Å²) >= 11 is 3.84. The summed E-state index contributed by atoms with van der Waals surface area (Å²) in [6.07, 6.45) is -2.50. The number of ether oxygens (including phenoxy) is 6. The SMILES string of the molecule is COC1OC(COCCSCC(C)CSCCN)C(OCc2ccccc2)C(OCc2ccccc2)C1OCc1ccccc1. The van der Waals surface area contributed by atoms with E-state index in [0.29, 0.717) is 39.0 Å². The molecule has 4 rings (SSSR count). The summed E-state index contributed by atoms with van der Waals surface area (Å²) in [5, 5.41) is 0. The van der Waals surface area contributed by atoms with Gasteiger partial charge in [0, 0.05) is 25.2 Å². The summed E-state index contributed by atoms with van der Waals surface area (Å²) in [6.45, 7) is 5.23. The number of methoxy groups -OCH3 is 1. The van der Waals surface area contributed by atoms with Crippen LogP contribution in [0.5, 0.6) is 0 Å². The quantitative estimate of drug-likeness (QED) is 0.135. The molecule has 1 saturated heterocycles. The fourth-order valence-electron chi connectivity index (χ4n) is 5.09. The molecular weight excluding hydrogens is 607 g/mol. The summed E-state index contributed by atoms with van der Waals surface area (Å²) in [5.41, 5.74) is 8.83. The summed E-state index contributed by atoms with van der Waals surface area (Å²) in [4.78, 5) is 0. The molecule has 45 heavy (non-hydrogen) atoms. The van der Waals surface area contributed by atoms with Crippen molar-refractivity contribution in [2.24, 2.45) is 11.7 Å². The third-order valence-electron chi connectivity index (χ3n) is 7.40. The Kier molecular flexibility index (Phi) is 16.8. The Balaban J connectivity index is 1.45. The van der Waals surface area contributed by atoms with Gasteiger partial charge < -0.3 is 34.2 Å². The van der Waals surface area contributed by atoms with Gasteiger partial charge in [0.1, 0.15) is 24.4 Å². The molecule has 246 valence electrons. The molecule has 0 spiro atoms. The Labute approximate surface area is 277 Å². The summed E-state index contributed by atoms with van der Waals surface area (Å²) in [5.74, 6) is 4.81. The minimum absolute atomic E-state index is 0.360. The molecule has 0 aliphatic carbocycles. The fraction of sp³-hybridized carbons (Fsp3) is 0.500. The van der Waals surface area contributed by atoms with Gasteiger partial charge in [-0.25, -0.2) is 0 Å². The lowest BCUT2D eigenvalue weighted by molar-refractivity contribution is -0.322. The zero-order valence-corrected chi connectivity index (χ0v) is 28.2. The van der Waals surface area contributed by atoms with E-state index in [0.717, 1.165) is 46.2 Å². The molecular formula is C36H49NO6S2. The van der Waals surface area contributed by atoms with Crippen molar-refractivity contribution in [3.8, 4) is 0 Å². The number of rotatable bonds is 21. The Hall–Kier alpha value is -1.92. The summed E-state index contributed by atoms with van der Waals surface area (Å²) in [6, 6.07) is 30.4. The van der Waals surface area contributed by atoms with Gasteiger partial charge in [0.15, 0.2) is 6.29 Å². The largest absolute Gasteiger partial charge is 0.378 e. The normalized spacial score (nSPS) is 22.3. The van der Waals surface area contributed by atoms with E-state index < -0.39 is 30.7 Å². The summed E-state index contributed by atoms with van der Waals surface area (Å²) in [7, 11) is 1.64. The monoisotopic (exact) mass is 655 g/mol. The highest BCUT2D eigenvalue weighted by molar-refractivity contribution is 8.00. The minimum Gasteiger partial charge on any atom is -0.378 e. The minimum atomic E-state index is -0.652. The number of nitrogens with two attached hydrogens (primary N) is 1. The van der Waals surface area contributed by atoms with Crippen LogP contribution in [0.1, 0.15) is 23.6 Å². The van der Waals surface area contributed by atoms with Crippen molar-refractivity contribution >= 4 is 23.5 Å². The summed E-state index contributed by atoms with van der Waals surface area (Å²) < 4.78 is 38.4. The maximum Gasteiger partial charge on any atom is 0.186 e. The van der Waals surface area contributed by atoms with Crippen molar-refractivity contribution in [2.75, 3.05) is 49.9 Å². The highest BCUT2D eigenvalue weighted by atomic mass is 32.2. The first-order chi connectivity index (χ1) is 22.2. The van der Waals surface area contributed by atoms with Crippen LogP contribution in [0.15, 0.2) is 91.0 Å². The topological polar surface area (TPSA) is 81.4 Å². The van der Waals surface area contributed by atoms with E-state index in [1.54, 1.807) is 7.11 Å². The second-order valence-electron chi connectivity index (χ2n) is 11.2. The van der Waals surface area contributed by atoms with E-state index in [2.05, 4.69) is 31.2 Å².